The first-order chi connectivity index (χ1) is 16.4. The summed E-state index contributed by atoms with van der Waals surface area (Å²) >= 11 is 0.997. The molecule has 0 aliphatic carbocycles. The van der Waals surface area contributed by atoms with E-state index in [1.807, 2.05) is 92.7 Å². The maximum Gasteiger partial charge on any atom is 0.293 e. The van der Waals surface area contributed by atoms with Gasteiger partial charge in [-0.05, 0) is 90.0 Å². The normalized spacial score (nSPS) is 15.0. The lowest BCUT2D eigenvalue weighted by atomic mass is 10.1. The standard InChI is InChI=1S/C28H24N2O3S/c1-18-14-23(19(2)30(18)24-10-12-25(33-3)13-11-24)16-26-27(31)29(28(32)34-26)17-20-8-9-21-6-4-5-7-22(21)15-20/h4-16H,17H2,1-3H3/b26-16-. The zero-order valence-corrected chi connectivity index (χ0v) is 20.1. The van der Waals surface area contributed by atoms with Gasteiger partial charge in [0.1, 0.15) is 5.75 Å². The Hall–Kier alpha value is -3.77. The lowest BCUT2D eigenvalue weighted by Crippen LogP contribution is -2.27. The van der Waals surface area contributed by atoms with Crippen molar-refractivity contribution in [1.82, 2.24) is 9.47 Å². The number of ether oxygens (including phenoxy) is 1. The predicted molar refractivity (Wildman–Crippen MR) is 137 cm³/mol. The molecule has 0 spiro atoms. The van der Waals surface area contributed by atoms with Gasteiger partial charge in [-0.15, -0.1) is 0 Å². The van der Waals surface area contributed by atoms with Gasteiger partial charge in [-0.2, -0.15) is 0 Å². The van der Waals surface area contributed by atoms with Crippen LogP contribution in [0.4, 0.5) is 4.79 Å². The van der Waals surface area contributed by atoms with Gasteiger partial charge in [-0.3, -0.25) is 14.5 Å². The van der Waals surface area contributed by atoms with Crippen molar-refractivity contribution in [2.75, 3.05) is 7.11 Å². The summed E-state index contributed by atoms with van der Waals surface area (Å²) in [7, 11) is 1.65. The largest absolute Gasteiger partial charge is 0.497 e. The van der Waals surface area contributed by atoms with Gasteiger partial charge in [0.15, 0.2) is 0 Å². The molecule has 0 saturated carbocycles. The Morgan fingerprint density at radius 1 is 0.912 bits per heavy atom. The Morgan fingerprint density at radius 3 is 2.38 bits per heavy atom. The fourth-order valence-corrected chi connectivity index (χ4v) is 5.19. The van der Waals surface area contributed by atoms with Crippen molar-refractivity contribution in [3.05, 3.63) is 100 Å². The molecule has 2 heterocycles. The van der Waals surface area contributed by atoms with Gasteiger partial charge in [0.05, 0.1) is 18.6 Å². The van der Waals surface area contributed by atoms with Gasteiger partial charge >= 0.3 is 0 Å². The van der Waals surface area contributed by atoms with Crippen molar-refractivity contribution >= 4 is 39.8 Å². The van der Waals surface area contributed by atoms with Crippen LogP contribution in [0.2, 0.25) is 0 Å². The second kappa shape index (κ2) is 8.88. The molecule has 4 aromatic rings. The van der Waals surface area contributed by atoms with Crippen molar-refractivity contribution in [3.8, 4) is 11.4 Å². The first-order valence-corrected chi connectivity index (χ1v) is 11.8. The van der Waals surface area contributed by atoms with Crippen LogP contribution in [0.25, 0.3) is 22.5 Å². The number of imide groups is 1. The minimum Gasteiger partial charge on any atom is -0.497 e. The maximum atomic E-state index is 13.1. The summed E-state index contributed by atoms with van der Waals surface area (Å²) in [5.74, 6) is 0.545. The van der Waals surface area contributed by atoms with Gasteiger partial charge in [0, 0.05) is 17.1 Å². The van der Waals surface area contributed by atoms with E-state index in [4.69, 9.17) is 4.74 Å². The molecule has 0 atom stereocenters. The molecule has 1 fully saturated rings. The number of rotatable bonds is 5. The molecular formula is C28H24N2O3S. The molecule has 5 nitrogen and oxygen atoms in total. The van der Waals surface area contributed by atoms with Gasteiger partial charge in [-0.25, -0.2) is 0 Å². The Kier molecular flexibility index (Phi) is 5.75. The number of nitrogens with zero attached hydrogens (tertiary/aromatic N) is 2. The van der Waals surface area contributed by atoms with E-state index in [2.05, 4.69) is 4.57 Å². The van der Waals surface area contributed by atoms with E-state index in [0.29, 0.717) is 4.91 Å². The first kappa shape index (κ1) is 22.0. The molecule has 34 heavy (non-hydrogen) atoms. The second-order valence-electron chi connectivity index (χ2n) is 8.31. The van der Waals surface area contributed by atoms with Gasteiger partial charge in [0.2, 0.25) is 0 Å². The van der Waals surface area contributed by atoms with E-state index < -0.39 is 0 Å². The summed E-state index contributed by atoms with van der Waals surface area (Å²) in [5, 5.41) is 1.98. The smallest absolute Gasteiger partial charge is 0.293 e. The van der Waals surface area contributed by atoms with Gasteiger partial charge in [0.25, 0.3) is 11.1 Å². The maximum absolute atomic E-state index is 13.1. The van der Waals surface area contributed by atoms with E-state index >= 15 is 0 Å². The van der Waals surface area contributed by atoms with Crippen molar-refractivity contribution in [3.63, 3.8) is 0 Å². The molecule has 1 aliphatic rings. The molecule has 6 heteroatoms. The SMILES string of the molecule is COc1ccc(-n2c(C)cc(/C=C3\SC(=O)N(Cc4ccc5ccccc5c4)C3=O)c2C)cc1. The van der Waals surface area contributed by atoms with Crippen molar-refractivity contribution in [2.24, 2.45) is 0 Å². The molecule has 1 saturated heterocycles. The topological polar surface area (TPSA) is 51.5 Å². The summed E-state index contributed by atoms with van der Waals surface area (Å²) < 4.78 is 7.39. The van der Waals surface area contributed by atoms with Crippen LogP contribution in [0.3, 0.4) is 0 Å². The molecular weight excluding hydrogens is 444 g/mol. The highest BCUT2D eigenvalue weighted by Gasteiger charge is 2.35. The van der Waals surface area contributed by atoms with Crippen molar-refractivity contribution in [2.45, 2.75) is 20.4 Å². The van der Waals surface area contributed by atoms with E-state index in [0.717, 1.165) is 56.5 Å². The summed E-state index contributed by atoms with van der Waals surface area (Å²) in [6.45, 7) is 4.31. The summed E-state index contributed by atoms with van der Waals surface area (Å²) in [5.41, 5.74) is 4.91. The average molecular weight is 469 g/mol. The van der Waals surface area contributed by atoms with E-state index in [9.17, 15) is 9.59 Å². The molecule has 1 aromatic heterocycles. The van der Waals surface area contributed by atoms with Crippen LogP contribution in [-0.2, 0) is 11.3 Å². The molecule has 0 N–H and O–H groups in total. The van der Waals surface area contributed by atoms with Gasteiger partial charge < -0.3 is 9.30 Å². The highest BCUT2D eigenvalue weighted by Crippen LogP contribution is 2.35. The van der Waals surface area contributed by atoms with Crippen LogP contribution < -0.4 is 4.74 Å². The van der Waals surface area contributed by atoms with Crippen LogP contribution in [-0.4, -0.2) is 27.7 Å². The number of carbonyl (C=O) groups is 2. The minimum atomic E-state index is -0.252. The van der Waals surface area contributed by atoms with Crippen LogP contribution in [0, 0.1) is 13.8 Å². The molecule has 0 radical (unpaired) electrons. The van der Waals surface area contributed by atoms with Crippen LogP contribution in [0.15, 0.2) is 77.7 Å². The number of carbonyl (C=O) groups excluding carboxylic acids is 2. The third kappa shape index (κ3) is 4.01. The van der Waals surface area contributed by atoms with E-state index in [1.54, 1.807) is 7.11 Å². The van der Waals surface area contributed by atoms with Crippen LogP contribution in [0.1, 0.15) is 22.5 Å². The number of methoxy groups -OCH3 is 1. The Labute approximate surface area is 202 Å². The zero-order valence-electron chi connectivity index (χ0n) is 19.2. The van der Waals surface area contributed by atoms with Crippen molar-refractivity contribution < 1.29 is 14.3 Å². The van der Waals surface area contributed by atoms with Gasteiger partial charge in [-0.1, -0.05) is 36.4 Å². The number of hydrogen-bond acceptors (Lipinski definition) is 4. The van der Waals surface area contributed by atoms with Crippen LogP contribution in [0.5, 0.6) is 5.75 Å². The monoisotopic (exact) mass is 468 g/mol. The molecule has 2 amide bonds. The summed E-state index contributed by atoms with van der Waals surface area (Å²) in [6, 6.07) is 24.0. The number of hydrogen-bond donors (Lipinski definition) is 0. The van der Waals surface area contributed by atoms with Crippen molar-refractivity contribution in [1.29, 1.82) is 0 Å². The minimum absolute atomic E-state index is 0.242. The molecule has 0 unspecified atom stereocenters. The van der Waals surface area contributed by atoms with E-state index in [-0.39, 0.29) is 17.7 Å². The summed E-state index contributed by atoms with van der Waals surface area (Å²) in [6.07, 6.45) is 1.83. The quantitative estimate of drug-likeness (QED) is 0.314. The highest BCUT2D eigenvalue weighted by atomic mass is 32.2. The molecule has 3 aromatic carbocycles. The third-order valence-corrected chi connectivity index (χ3v) is 7.02. The fourth-order valence-electron chi connectivity index (χ4n) is 4.36. The average Bonchev–Trinajstić information content (AvgIpc) is 3.28. The highest BCUT2D eigenvalue weighted by molar-refractivity contribution is 8.18. The molecule has 1 aliphatic heterocycles. The first-order valence-electron chi connectivity index (χ1n) is 11.0. The second-order valence-corrected chi connectivity index (χ2v) is 9.30. The Balaban J connectivity index is 1.41. The van der Waals surface area contributed by atoms with Crippen LogP contribution >= 0.6 is 11.8 Å². The Morgan fingerprint density at radius 2 is 1.65 bits per heavy atom. The zero-order chi connectivity index (χ0) is 23.8. The molecule has 0 bridgehead atoms. The summed E-state index contributed by atoms with van der Waals surface area (Å²) in [4.78, 5) is 27.6. The molecule has 5 rings (SSSR count). The number of aryl methyl sites for hydroxylation is 1. The third-order valence-electron chi connectivity index (χ3n) is 6.12. The number of aromatic nitrogens is 1. The molecule has 170 valence electrons. The lowest BCUT2D eigenvalue weighted by molar-refractivity contribution is -0.123. The number of amides is 2. The lowest BCUT2D eigenvalue weighted by Gasteiger charge is -2.13. The number of fused-ring (bicyclic) bond motifs is 1. The van der Waals surface area contributed by atoms with E-state index in [1.165, 1.54) is 4.90 Å². The predicted octanol–water partition coefficient (Wildman–Crippen LogP) is 6.49. The Bertz CT molecular complexity index is 1450. The number of thioether (sulfide) groups is 1. The number of benzene rings is 3. The fraction of sp³-hybridized carbons (Fsp3) is 0.143.